The highest BCUT2D eigenvalue weighted by molar-refractivity contribution is 14.0. The molecule has 0 atom stereocenters. The van der Waals surface area contributed by atoms with Crippen molar-refractivity contribution < 1.29 is 0 Å². The minimum Gasteiger partial charge on any atom is -0.355 e. The highest BCUT2D eigenvalue weighted by atomic mass is 127. The molecule has 0 bridgehead atoms. The average Bonchev–Trinajstić information content (AvgIpc) is 2.83. The van der Waals surface area contributed by atoms with E-state index in [1.165, 1.54) is 5.56 Å². The topological polar surface area (TPSA) is 48.7 Å². The number of rotatable bonds is 7. The number of aliphatic imine (C=N–C) groups is 1. The van der Waals surface area contributed by atoms with E-state index in [1.807, 2.05) is 18.8 Å². The number of hydrogen-bond acceptors (Lipinski definition) is 3. The molecule has 1 N–H and O–H groups in total. The van der Waals surface area contributed by atoms with Gasteiger partial charge in [0.05, 0.1) is 5.69 Å². The smallest absolute Gasteiger partial charge is 0.193 e. The minimum absolute atomic E-state index is 0. The average molecular weight is 450 g/mol. The highest BCUT2D eigenvalue weighted by Crippen LogP contribution is 2.18. The van der Waals surface area contributed by atoms with E-state index in [2.05, 4.69) is 73.2 Å². The number of aryl methyl sites for hydroxylation is 1. The summed E-state index contributed by atoms with van der Waals surface area (Å²) < 4.78 is 1.90. The maximum atomic E-state index is 4.58. The van der Waals surface area contributed by atoms with Gasteiger partial charge in [0.15, 0.2) is 5.96 Å². The lowest BCUT2D eigenvalue weighted by Crippen LogP contribution is -2.42. The van der Waals surface area contributed by atoms with E-state index in [4.69, 9.17) is 0 Å². The molecule has 0 saturated carbocycles. The zero-order valence-corrected chi connectivity index (χ0v) is 18.8. The summed E-state index contributed by atoms with van der Waals surface area (Å²) in [6.45, 7) is 11.5. The molecule has 0 saturated heterocycles. The van der Waals surface area contributed by atoms with Crippen LogP contribution < -0.4 is 5.32 Å². The Kier molecular flexibility index (Phi) is 10.5. The van der Waals surface area contributed by atoms with Crippen molar-refractivity contribution in [1.82, 2.24) is 24.9 Å². The van der Waals surface area contributed by atoms with Crippen LogP contribution in [0.1, 0.15) is 44.9 Å². The molecule has 0 unspecified atom stereocenters. The van der Waals surface area contributed by atoms with Crippen LogP contribution in [0.15, 0.2) is 11.2 Å². The number of hydrogen-bond donors (Lipinski definition) is 1. The Bertz CT molecular complexity index is 509. The number of nitrogens with one attached hydrogen (secondary N) is 1. The van der Waals surface area contributed by atoms with Crippen molar-refractivity contribution in [1.29, 1.82) is 0 Å². The van der Waals surface area contributed by atoms with Crippen molar-refractivity contribution in [2.75, 3.05) is 34.2 Å². The standard InChI is InChI=1S/C17H34N6.HI/c1-13(2)16-15(12-23(8)20-16)11-22(7)17(18-5)19-9-10-21(6)14(3)4;/h12-14H,9-11H2,1-8H3,(H,18,19);1H. The summed E-state index contributed by atoms with van der Waals surface area (Å²) in [6.07, 6.45) is 2.10. The molecule has 140 valence electrons. The molecular formula is C17H35IN6. The maximum Gasteiger partial charge on any atom is 0.193 e. The van der Waals surface area contributed by atoms with Crippen molar-refractivity contribution >= 4 is 29.9 Å². The van der Waals surface area contributed by atoms with Gasteiger partial charge in [-0.25, -0.2) is 0 Å². The van der Waals surface area contributed by atoms with Gasteiger partial charge in [0.2, 0.25) is 0 Å². The van der Waals surface area contributed by atoms with Crippen LogP contribution in [0.5, 0.6) is 0 Å². The van der Waals surface area contributed by atoms with Gasteiger partial charge in [-0.3, -0.25) is 9.67 Å². The van der Waals surface area contributed by atoms with Crippen LogP contribution in [0.2, 0.25) is 0 Å². The van der Waals surface area contributed by atoms with Crippen LogP contribution >= 0.6 is 24.0 Å². The predicted molar refractivity (Wildman–Crippen MR) is 113 cm³/mol. The van der Waals surface area contributed by atoms with Gasteiger partial charge >= 0.3 is 0 Å². The molecule has 0 radical (unpaired) electrons. The van der Waals surface area contributed by atoms with Crippen molar-refractivity contribution in [2.24, 2.45) is 12.0 Å². The number of nitrogens with zero attached hydrogens (tertiary/aromatic N) is 5. The van der Waals surface area contributed by atoms with E-state index in [1.54, 1.807) is 0 Å². The molecule has 0 amide bonds. The van der Waals surface area contributed by atoms with E-state index in [-0.39, 0.29) is 24.0 Å². The Hall–Kier alpha value is -0.830. The molecule has 1 aromatic heterocycles. The maximum absolute atomic E-state index is 4.58. The van der Waals surface area contributed by atoms with Gasteiger partial charge in [0, 0.05) is 58.6 Å². The number of aromatic nitrogens is 2. The van der Waals surface area contributed by atoms with Crippen LogP contribution in [0, 0.1) is 0 Å². The quantitative estimate of drug-likeness (QED) is 0.394. The summed E-state index contributed by atoms with van der Waals surface area (Å²) in [4.78, 5) is 8.86. The lowest BCUT2D eigenvalue weighted by Gasteiger charge is -2.25. The molecule has 6 nitrogen and oxygen atoms in total. The molecule has 1 rings (SSSR count). The summed E-state index contributed by atoms with van der Waals surface area (Å²) >= 11 is 0. The second kappa shape index (κ2) is 10.9. The Balaban J connectivity index is 0.00000529. The molecular weight excluding hydrogens is 415 g/mol. The summed E-state index contributed by atoms with van der Waals surface area (Å²) in [6, 6.07) is 0.556. The van der Waals surface area contributed by atoms with Gasteiger partial charge < -0.3 is 15.1 Å². The molecule has 0 spiro atoms. The van der Waals surface area contributed by atoms with Crippen molar-refractivity contribution in [3.63, 3.8) is 0 Å². The third-order valence-corrected chi connectivity index (χ3v) is 4.09. The summed E-state index contributed by atoms with van der Waals surface area (Å²) in [5.41, 5.74) is 2.42. The van der Waals surface area contributed by atoms with Crippen LogP contribution in [0.25, 0.3) is 0 Å². The minimum atomic E-state index is 0. The van der Waals surface area contributed by atoms with Crippen LogP contribution in [-0.2, 0) is 13.6 Å². The fourth-order valence-corrected chi connectivity index (χ4v) is 2.48. The monoisotopic (exact) mass is 450 g/mol. The SMILES string of the molecule is CN=C(NCCN(C)C(C)C)N(C)Cc1cn(C)nc1C(C)C.I. The first-order valence-corrected chi connectivity index (χ1v) is 8.40. The molecule has 7 heteroatoms. The van der Waals surface area contributed by atoms with Crippen LogP contribution in [0.4, 0.5) is 0 Å². The fraction of sp³-hybridized carbons (Fsp3) is 0.765. The molecule has 0 aromatic carbocycles. The van der Waals surface area contributed by atoms with E-state index >= 15 is 0 Å². The molecule has 0 fully saturated rings. The summed E-state index contributed by atoms with van der Waals surface area (Å²) in [5.74, 6) is 1.34. The molecule has 1 heterocycles. The third-order valence-electron chi connectivity index (χ3n) is 4.09. The summed E-state index contributed by atoms with van der Waals surface area (Å²) in [7, 11) is 8.02. The number of guanidine groups is 1. The van der Waals surface area contributed by atoms with Crippen molar-refractivity contribution in [3.8, 4) is 0 Å². The van der Waals surface area contributed by atoms with Crippen molar-refractivity contribution in [2.45, 2.75) is 46.2 Å². The summed E-state index contributed by atoms with van der Waals surface area (Å²) in [5, 5.41) is 8.01. The fourth-order valence-electron chi connectivity index (χ4n) is 2.48. The second-order valence-electron chi connectivity index (χ2n) is 6.77. The van der Waals surface area contributed by atoms with Gasteiger partial charge in [-0.1, -0.05) is 13.8 Å². The first-order chi connectivity index (χ1) is 10.8. The largest absolute Gasteiger partial charge is 0.355 e. The zero-order valence-electron chi connectivity index (χ0n) is 16.5. The third kappa shape index (κ3) is 6.96. The predicted octanol–water partition coefficient (Wildman–Crippen LogP) is 2.51. The van der Waals surface area contributed by atoms with Crippen molar-refractivity contribution in [3.05, 3.63) is 17.5 Å². The lowest BCUT2D eigenvalue weighted by molar-refractivity contribution is 0.277. The van der Waals surface area contributed by atoms with Gasteiger partial charge in [-0.05, 0) is 26.8 Å². The Morgan fingerprint density at radius 3 is 2.42 bits per heavy atom. The molecule has 0 aliphatic rings. The lowest BCUT2D eigenvalue weighted by atomic mass is 10.1. The Labute approximate surface area is 164 Å². The Morgan fingerprint density at radius 2 is 1.92 bits per heavy atom. The van der Waals surface area contributed by atoms with Gasteiger partial charge in [0.25, 0.3) is 0 Å². The van der Waals surface area contributed by atoms with E-state index < -0.39 is 0 Å². The first-order valence-electron chi connectivity index (χ1n) is 8.40. The van der Waals surface area contributed by atoms with E-state index in [0.29, 0.717) is 12.0 Å². The first kappa shape index (κ1) is 23.2. The van der Waals surface area contributed by atoms with Crippen LogP contribution in [-0.4, -0.2) is 65.8 Å². The molecule has 24 heavy (non-hydrogen) atoms. The van der Waals surface area contributed by atoms with Crippen LogP contribution in [0.3, 0.4) is 0 Å². The number of likely N-dealkylation sites (N-methyl/N-ethyl adjacent to an activating group) is 1. The molecule has 0 aliphatic carbocycles. The molecule has 1 aromatic rings. The zero-order chi connectivity index (χ0) is 17.6. The van der Waals surface area contributed by atoms with E-state index in [0.717, 1.165) is 31.3 Å². The second-order valence-corrected chi connectivity index (χ2v) is 6.77. The highest BCUT2D eigenvalue weighted by Gasteiger charge is 2.15. The normalized spacial score (nSPS) is 12.0. The van der Waals surface area contributed by atoms with Gasteiger partial charge in [0.1, 0.15) is 0 Å². The number of halogens is 1. The van der Waals surface area contributed by atoms with E-state index in [9.17, 15) is 0 Å². The van der Waals surface area contributed by atoms with Gasteiger partial charge in [-0.2, -0.15) is 5.10 Å². The Morgan fingerprint density at radius 1 is 1.29 bits per heavy atom. The molecule has 0 aliphatic heterocycles. The van der Waals surface area contributed by atoms with Gasteiger partial charge in [-0.15, -0.1) is 24.0 Å².